The summed E-state index contributed by atoms with van der Waals surface area (Å²) in [5.41, 5.74) is 9.61. The fourth-order valence-corrected chi connectivity index (χ4v) is 5.12. The second-order valence-corrected chi connectivity index (χ2v) is 10.7. The number of nitrogens with zero attached hydrogens (tertiary/aromatic N) is 3. The smallest absolute Gasteiger partial charge is 0.335 e. The van der Waals surface area contributed by atoms with Crippen LogP contribution in [-0.2, 0) is 21.8 Å². The van der Waals surface area contributed by atoms with Gasteiger partial charge in [0.25, 0.3) is 0 Å². The third-order valence-electron chi connectivity index (χ3n) is 6.83. The van der Waals surface area contributed by atoms with Crippen LogP contribution in [0.25, 0.3) is 0 Å². The van der Waals surface area contributed by atoms with Crippen molar-refractivity contribution in [3.63, 3.8) is 0 Å². The molecule has 0 aliphatic carbocycles. The molecule has 3 heterocycles. The zero-order valence-corrected chi connectivity index (χ0v) is 23.8. The molecule has 40 heavy (non-hydrogen) atoms. The number of hydrogen-bond donors (Lipinski definition) is 2. The summed E-state index contributed by atoms with van der Waals surface area (Å²) in [4.78, 5) is 24.3. The van der Waals surface area contributed by atoms with Crippen LogP contribution in [0.2, 0.25) is 0 Å². The molecule has 3 N–H and O–H groups in total. The molecule has 3 aromatic rings. The average molecular weight is 568 g/mol. The number of benzene rings is 1. The third kappa shape index (κ3) is 9.46. The van der Waals surface area contributed by atoms with Crippen molar-refractivity contribution >= 4 is 23.8 Å². The van der Waals surface area contributed by atoms with E-state index in [2.05, 4.69) is 27.3 Å². The molecule has 1 aliphatic heterocycles. The number of fused-ring (bicyclic) bond motifs is 1. The second kappa shape index (κ2) is 15.5. The number of unbranched alkanes of at least 4 members (excludes halogenated alkanes) is 1. The number of aromatic nitrogens is 2. The molecule has 4 rings (SSSR count). The van der Waals surface area contributed by atoms with E-state index < -0.39 is 17.8 Å². The number of aryl methyl sites for hydroxylation is 3. The predicted molar refractivity (Wildman–Crippen MR) is 156 cm³/mol. The number of carbonyl (C=O) groups excluding carboxylic acids is 1. The number of anilines is 1. The SMILES string of the molecule is Cc1ccccc1SOC(=O)[C@@H](N)CCN(CCCCc1ccc2c(n1)NCCC2)CCOc1cncc(F)c1. The van der Waals surface area contributed by atoms with Gasteiger partial charge in [0.05, 0.1) is 29.3 Å². The lowest BCUT2D eigenvalue weighted by atomic mass is 10.1. The van der Waals surface area contributed by atoms with Crippen LogP contribution in [0.4, 0.5) is 10.2 Å². The van der Waals surface area contributed by atoms with Gasteiger partial charge in [0.1, 0.15) is 30.0 Å². The number of nitrogens with one attached hydrogen (secondary N) is 1. The maximum absolute atomic E-state index is 13.4. The first kappa shape index (κ1) is 29.8. The molecule has 0 unspecified atom stereocenters. The summed E-state index contributed by atoms with van der Waals surface area (Å²) in [6.45, 7) is 5.34. The quantitative estimate of drug-likeness (QED) is 0.195. The number of halogens is 1. The van der Waals surface area contributed by atoms with Crippen molar-refractivity contribution in [3.8, 4) is 5.75 Å². The Bertz CT molecular complexity index is 1250. The fourth-order valence-electron chi connectivity index (χ4n) is 4.49. The predicted octanol–water partition coefficient (Wildman–Crippen LogP) is 4.95. The molecule has 0 saturated carbocycles. The topological polar surface area (TPSA) is 103 Å². The Morgan fingerprint density at radius 3 is 2.90 bits per heavy atom. The fraction of sp³-hybridized carbons (Fsp3) is 0.433. The first-order valence-corrected chi connectivity index (χ1v) is 14.6. The largest absolute Gasteiger partial charge is 0.491 e. The van der Waals surface area contributed by atoms with Gasteiger partial charge >= 0.3 is 5.97 Å². The van der Waals surface area contributed by atoms with E-state index in [0.29, 0.717) is 31.9 Å². The van der Waals surface area contributed by atoms with Crippen molar-refractivity contribution in [2.45, 2.75) is 56.4 Å². The molecular weight excluding hydrogens is 529 g/mol. The van der Waals surface area contributed by atoms with Crippen LogP contribution in [0.3, 0.4) is 0 Å². The molecule has 2 aromatic heterocycles. The lowest BCUT2D eigenvalue weighted by Crippen LogP contribution is -2.38. The van der Waals surface area contributed by atoms with E-state index in [1.54, 1.807) is 0 Å². The second-order valence-electron chi connectivity index (χ2n) is 9.97. The zero-order valence-electron chi connectivity index (χ0n) is 23.0. The Kier molecular flexibility index (Phi) is 11.6. The minimum atomic E-state index is -0.737. The average Bonchev–Trinajstić information content (AvgIpc) is 2.97. The highest BCUT2D eigenvalue weighted by molar-refractivity contribution is 7.95. The monoisotopic (exact) mass is 567 g/mol. The van der Waals surface area contributed by atoms with Gasteiger partial charge in [0.2, 0.25) is 0 Å². The molecule has 0 fully saturated rings. The van der Waals surface area contributed by atoms with Crippen molar-refractivity contribution < 1.29 is 18.1 Å². The maximum Gasteiger partial charge on any atom is 0.335 e. The van der Waals surface area contributed by atoms with Gasteiger partial charge in [-0.25, -0.2) is 14.2 Å². The molecular formula is C30H38FN5O3S. The molecule has 0 saturated heterocycles. The van der Waals surface area contributed by atoms with Crippen LogP contribution in [0, 0.1) is 12.7 Å². The number of rotatable bonds is 15. The molecule has 1 aliphatic rings. The molecule has 8 nitrogen and oxygen atoms in total. The van der Waals surface area contributed by atoms with Crippen molar-refractivity contribution in [2.24, 2.45) is 5.73 Å². The summed E-state index contributed by atoms with van der Waals surface area (Å²) < 4.78 is 24.6. The molecule has 0 spiro atoms. The van der Waals surface area contributed by atoms with Crippen LogP contribution < -0.4 is 15.8 Å². The van der Waals surface area contributed by atoms with E-state index in [1.807, 2.05) is 31.2 Å². The molecule has 1 atom stereocenters. The van der Waals surface area contributed by atoms with Crippen molar-refractivity contribution in [3.05, 3.63) is 77.5 Å². The van der Waals surface area contributed by atoms with Crippen molar-refractivity contribution in [2.75, 3.05) is 38.1 Å². The van der Waals surface area contributed by atoms with Gasteiger partial charge < -0.3 is 20.0 Å². The van der Waals surface area contributed by atoms with Crippen LogP contribution in [0.1, 0.15) is 42.5 Å². The van der Waals surface area contributed by atoms with E-state index in [4.69, 9.17) is 19.6 Å². The Hall–Kier alpha value is -3.21. The molecule has 1 aromatic carbocycles. The van der Waals surface area contributed by atoms with Gasteiger partial charge in [0.15, 0.2) is 0 Å². The number of ether oxygens (including phenoxy) is 1. The summed E-state index contributed by atoms with van der Waals surface area (Å²) >= 11 is 1.04. The Morgan fingerprint density at radius 2 is 2.05 bits per heavy atom. The maximum atomic E-state index is 13.4. The highest BCUT2D eigenvalue weighted by atomic mass is 32.2. The highest BCUT2D eigenvalue weighted by Crippen LogP contribution is 2.23. The van der Waals surface area contributed by atoms with Crippen LogP contribution in [0.5, 0.6) is 5.75 Å². The van der Waals surface area contributed by atoms with E-state index in [9.17, 15) is 9.18 Å². The molecule has 0 radical (unpaired) electrons. The third-order valence-corrected chi connectivity index (χ3v) is 7.72. The minimum Gasteiger partial charge on any atom is -0.491 e. The van der Waals surface area contributed by atoms with Gasteiger partial charge in [-0.2, -0.15) is 0 Å². The van der Waals surface area contributed by atoms with Gasteiger partial charge in [0, 0.05) is 31.4 Å². The first-order chi connectivity index (χ1) is 19.5. The van der Waals surface area contributed by atoms with E-state index in [1.165, 1.54) is 17.8 Å². The Morgan fingerprint density at radius 1 is 1.18 bits per heavy atom. The van der Waals surface area contributed by atoms with E-state index in [-0.39, 0.29) is 0 Å². The zero-order chi connectivity index (χ0) is 28.2. The van der Waals surface area contributed by atoms with Gasteiger partial charge in [-0.3, -0.25) is 9.88 Å². The lowest BCUT2D eigenvalue weighted by molar-refractivity contribution is -0.134. The first-order valence-electron chi connectivity index (χ1n) is 13.9. The number of pyridine rings is 2. The summed E-state index contributed by atoms with van der Waals surface area (Å²) in [6, 6.07) is 12.6. The molecule has 10 heteroatoms. The number of carbonyl (C=O) groups is 1. The number of hydrogen-bond acceptors (Lipinski definition) is 9. The number of nitrogens with two attached hydrogens (primary N) is 1. The van der Waals surface area contributed by atoms with Crippen LogP contribution >= 0.6 is 12.0 Å². The molecule has 0 bridgehead atoms. The molecule has 214 valence electrons. The van der Waals surface area contributed by atoms with E-state index in [0.717, 1.165) is 85.4 Å². The Labute approximate surface area is 240 Å². The molecule has 0 amide bonds. The van der Waals surface area contributed by atoms with Gasteiger partial charge in [-0.05, 0) is 75.3 Å². The minimum absolute atomic E-state index is 0.367. The van der Waals surface area contributed by atoms with Crippen LogP contribution in [-0.4, -0.2) is 59.7 Å². The van der Waals surface area contributed by atoms with Crippen molar-refractivity contribution in [1.82, 2.24) is 14.9 Å². The highest BCUT2D eigenvalue weighted by Gasteiger charge is 2.18. The van der Waals surface area contributed by atoms with E-state index >= 15 is 0 Å². The summed E-state index contributed by atoms with van der Waals surface area (Å²) in [5.74, 6) is 0.534. The summed E-state index contributed by atoms with van der Waals surface area (Å²) in [6.07, 6.45) is 8.16. The standard InChI is InChI=1S/C30H38FN5O3S/c1-22-7-2-3-10-28(22)40-39-30(37)27(32)13-16-36(17-18-38-26-19-24(31)20-33-21-26)15-5-4-9-25-12-11-23-8-6-14-34-29(23)35-25/h2-3,7,10-12,19-21,27H,4-6,8-9,13-18,32H2,1H3,(H,34,35)/t27-/m0/s1. The van der Waals surface area contributed by atoms with Gasteiger partial charge in [-0.15, -0.1) is 0 Å². The Balaban J connectivity index is 1.24. The summed E-state index contributed by atoms with van der Waals surface area (Å²) in [5, 5.41) is 3.40. The van der Waals surface area contributed by atoms with Crippen LogP contribution in [0.15, 0.2) is 59.8 Å². The van der Waals surface area contributed by atoms with Crippen molar-refractivity contribution in [1.29, 1.82) is 0 Å². The summed E-state index contributed by atoms with van der Waals surface area (Å²) in [7, 11) is 0. The van der Waals surface area contributed by atoms with Gasteiger partial charge in [-0.1, -0.05) is 24.3 Å². The lowest BCUT2D eigenvalue weighted by Gasteiger charge is -2.23. The normalized spacial score (nSPS) is 13.4.